The van der Waals surface area contributed by atoms with Crippen molar-refractivity contribution in [2.24, 2.45) is 0 Å². The molecule has 0 fully saturated rings. The average molecular weight is 505 g/mol. The van der Waals surface area contributed by atoms with Crippen molar-refractivity contribution in [1.82, 2.24) is 5.32 Å². The molecule has 3 aromatic carbocycles. The first-order chi connectivity index (χ1) is 17.3. The highest BCUT2D eigenvalue weighted by atomic mass is 35.5. The van der Waals surface area contributed by atoms with Crippen LogP contribution in [0.2, 0.25) is 5.02 Å². The number of amides is 1. The lowest BCUT2D eigenvalue weighted by Gasteiger charge is -2.37. The highest BCUT2D eigenvalue weighted by Crippen LogP contribution is 2.45. The first-order valence-corrected chi connectivity index (χ1v) is 12.0. The quantitative estimate of drug-likeness (QED) is 0.420. The fraction of sp³-hybridized carbons (Fsp3) is 0.172. The predicted molar refractivity (Wildman–Crippen MR) is 135 cm³/mol. The molecule has 2 aliphatic rings. The van der Waals surface area contributed by atoms with Crippen LogP contribution in [0.5, 0.6) is 0 Å². The van der Waals surface area contributed by atoms with Crippen LogP contribution in [0.1, 0.15) is 42.7 Å². The SMILES string of the molecule is CC1=C(C(=O)Nc2ccc(F)cc2F)C(c2ccc(Cl)cc2)C2=C(CC(c3ccccc3)CC2=O)N1. The largest absolute Gasteiger partial charge is 0.362 e. The van der Waals surface area contributed by atoms with E-state index in [0.717, 1.165) is 22.9 Å². The van der Waals surface area contributed by atoms with E-state index in [1.165, 1.54) is 6.07 Å². The summed E-state index contributed by atoms with van der Waals surface area (Å²) in [5.74, 6) is -2.89. The first-order valence-electron chi connectivity index (χ1n) is 11.6. The Labute approximate surface area is 212 Å². The number of hydrogen-bond acceptors (Lipinski definition) is 3. The molecule has 4 nitrogen and oxygen atoms in total. The van der Waals surface area contributed by atoms with Gasteiger partial charge >= 0.3 is 0 Å². The van der Waals surface area contributed by atoms with E-state index < -0.39 is 23.5 Å². The number of allylic oxidation sites excluding steroid dienone is 3. The van der Waals surface area contributed by atoms with Gasteiger partial charge in [0, 0.05) is 46.0 Å². The smallest absolute Gasteiger partial charge is 0.254 e. The second-order valence-electron chi connectivity index (χ2n) is 9.06. The lowest BCUT2D eigenvalue weighted by atomic mass is 9.71. The van der Waals surface area contributed by atoms with Gasteiger partial charge in [0.15, 0.2) is 5.78 Å². The fourth-order valence-electron chi connectivity index (χ4n) is 5.07. The van der Waals surface area contributed by atoms with Crippen LogP contribution in [0.3, 0.4) is 0 Å². The van der Waals surface area contributed by atoms with E-state index in [9.17, 15) is 18.4 Å². The summed E-state index contributed by atoms with van der Waals surface area (Å²) in [6.45, 7) is 1.76. The van der Waals surface area contributed by atoms with Gasteiger partial charge in [0.1, 0.15) is 11.6 Å². The van der Waals surface area contributed by atoms with Gasteiger partial charge in [-0.15, -0.1) is 0 Å². The van der Waals surface area contributed by atoms with E-state index in [0.29, 0.717) is 40.8 Å². The lowest BCUT2D eigenvalue weighted by molar-refractivity contribution is -0.116. The van der Waals surface area contributed by atoms with Crippen LogP contribution >= 0.6 is 11.6 Å². The first kappa shape index (κ1) is 23.9. The summed E-state index contributed by atoms with van der Waals surface area (Å²) < 4.78 is 27.7. The van der Waals surface area contributed by atoms with Crippen LogP contribution in [0.4, 0.5) is 14.5 Å². The molecule has 0 bridgehead atoms. The maximum absolute atomic E-state index is 14.3. The van der Waals surface area contributed by atoms with Crippen molar-refractivity contribution in [2.45, 2.75) is 31.6 Å². The molecule has 5 rings (SSSR count). The zero-order valence-electron chi connectivity index (χ0n) is 19.4. The lowest BCUT2D eigenvalue weighted by Crippen LogP contribution is -2.37. The van der Waals surface area contributed by atoms with Crippen LogP contribution in [0, 0.1) is 11.6 Å². The number of Topliss-reactive ketones (excluding diaryl/α,β-unsaturated/α-hetero) is 1. The highest BCUT2D eigenvalue weighted by molar-refractivity contribution is 6.30. The number of benzene rings is 3. The van der Waals surface area contributed by atoms with Crippen molar-refractivity contribution < 1.29 is 18.4 Å². The zero-order chi connectivity index (χ0) is 25.4. The van der Waals surface area contributed by atoms with Crippen molar-refractivity contribution in [3.8, 4) is 0 Å². The molecule has 0 radical (unpaired) electrons. The number of ketones is 1. The minimum absolute atomic E-state index is 0.0207. The molecule has 0 spiro atoms. The minimum atomic E-state index is -0.882. The predicted octanol–water partition coefficient (Wildman–Crippen LogP) is 6.62. The molecule has 182 valence electrons. The van der Waals surface area contributed by atoms with Gasteiger partial charge < -0.3 is 10.6 Å². The molecule has 1 aliphatic carbocycles. The molecule has 7 heteroatoms. The third kappa shape index (κ3) is 4.56. The Morgan fingerprint density at radius 2 is 1.69 bits per heavy atom. The van der Waals surface area contributed by atoms with Gasteiger partial charge in [0.05, 0.1) is 5.69 Å². The van der Waals surface area contributed by atoms with E-state index in [1.54, 1.807) is 31.2 Å². The van der Waals surface area contributed by atoms with E-state index in [-0.39, 0.29) is 17.4 Å². The Bertz CT molecular complexity index is 1410. The van der Waals surface area contributed by atoms with Gasteiger partial charge in [-0.05, 0) is 54.7 Å². The topological polar surface area (TPSA) is 58.2 Å². The number of anilines is 1. The van der Waals surface area contributed by atoms with Crippen molar-refractivity contribution >= 4 is 29.0 Å². The number of carbonyl (C=O) groups excluding carboxylic acids is 2. The maximum Gasteiger partial charge on any atom is 0.254 e. The Morgan fingerprint density at radius 1 is 0.972 bits per heavy atom. The molecule has 2 unspecified atom stereocenters. The number of hydrogen-bond donors (Lipinski definition) is 2. The van der Waals surface area contributed by atoms with E-state index in [4.69, 9.17) is 11.6 Å². The molecule has 3 aromatic rings. The summed E-state index contributed by atoms with van der Waals surface area (Å²) in [6, 6.07) is 19.8. The molecule has 0 saturated heterocycles. The Hall–Kier alpha value is -3.77. The molecule has 0 aromatic heterocycles. The zero-order valence-corrected chi connectivity index (χ0v) is 20.2. The number of rotatable bonds is 4. The van der Waals surface area contributed by atoms with Gasteiger partial charge in [-0.25, -0.2) is 8.78 Å². The number of carbonyl (C=O) groups is 2. The van der Waals surface area contributed by atoms with Gasteiger partial charge in [0.2, 0.25) is 0 Å². The third-order valence-electron chi connectivity index (χ3n) is 6.73. The van der Waals surface area contributed by atoms with E-state index in [1.807, 2.05) is 30.3 Å². The Morgan fingerprint density at radius 3 is 2.39 bits per heavy atom. The number of halogens is 3. The summed E-state index contributed by atoms with van der Waals surface area (Å²) in [4.78, 5) is 27.1. The molecule has 1 amide bonds. The summed E-state index contributed by atoms with van der Waals surface area (Å²) in [7, 11) is 0. The molecule has 1 aliphatic heterocycles. The Kier molecular flexibility index (Phi) is 6.46. The van der Waals surface area contributed by atoms with Crippen molar-refractivity contribution in [2.75, 3.05) is 5.32 Å². The Balaban J connectivity index is 1.56. The standard InChI is InChI=1S/C29H23ClF2N2O2/c1-16-26(29(36)34-23-12-11-21(31)15-22(23)32)27(18-7-9-20(30)10-8-18)28-24(33-16)13-19(14-25(28)35)17-5-3-2-4-6-17/h2-12,15,19,27,33H,13-14H2,1H3,(H,34,36). The summed E-state index contributed by atoms with van der Waals surface area (Å²) in [5.41, 5.74) is 3.84. The van der Waals surface area contributed by atoms with Crippen molar-refractivity contribution in [3.63, 3.8) is 0 Å². The van der Waals surface area contributed by atoms with Crippen LogP contribution in [0.25, 0.3) is 0 Å². The number of dihydropyridines is 1. The normalized spacial score (nSPS) is 19.6. The second kappa shape index (κ2) is 9.70. The molecule has 2 N–H and O–H groups in total. The molecule has 1 heterocycles. The van der Waals surface area contributed by atoms with Crippen molar-refractivity contribution in [1.29, 1.82) is 0 Å². The van der Waals surface area contributed by atoms with Crippen LogP contribution in [-0.2, 0) is 9.59 Å². The van der Waals surface area contributed by atoms with Gasteiger partial charge in [-0.1, -0.05) is 54.1 Å². The average Bonchev–Trinajstić information content (AvgIpc) is 2.85. The molecular weight excluding hydrogens is 482 g/mol. The third-order valence-corrected chi connectivity index (χ3v) is 6.98. The number of nitrogens with one attached hydrogen (secondary N) is 2. The molecule has 36 heavy (non-hydrogen) atoms. The van der Waals surface area contributed by atoms with Gasteiger partial charge in [-0.2, -0.15) is 0 Å². The second-order valence-corrected chi connectivity index (χ2v) is 9.49. The summed E-state index contributed by atoms with van der Waals surface area (Å²) >= 11 is 6.11. The fourth-order valence-corrected chi connectivity index (χ4v) is 5.20. The van der Waals surface area contributed by atoms with Crippen LogP contribution < -0.4 is 10.6 Å². The van der Waals surface area contributed by atoms with E-state index in [2.05, 4.69) is 10.6 Å². The van der Waals surface area contributed by atoms with Crippen LogP contribution in [-0.4, -0.2) is 11.7 Å². The van der Waals surface area contributed by atoms with Gasteiger partial charge in [0.25, 0.3) is 5.91 Å². The molecule has 0 saturated carbocycles. The van der Waals surface area contributed by atoms with Gasteiger partial charge in [-0.3, -0.25) is 9.59 Å². The minimum Gasteiger partial charge on any atom is -0.362 e. The highest BCUT2D eigenvalue weighted by Gasteiger charge is 2.41. The molecule has 2 atom stereocenters. The maximum atomic E-state index is 14.3. The molecular formula is C29H23ClF2N2O2. The van der Waals surface area contributed by atoms with Crippen molar-refractivity contribution in [3.05, 3.63) is 123 Å². The summed E-state index contributed by atoms with van der Waals surface area (Å²) in [5, 5.41) is 6.38. The summed E-state index contributed by atoms with van der Waals surface area (Å²) in [6.07, 6.45) is 0.934. The van der Waals surface area contributed by atoms with E-state index >= 15 is 0 Å². The monoisotopic (exact) mass is 504 g/mol. The van der Waals surface area contributed by atoms with Crippen LogP contribution in [0.15, 0.2) is 95.3 Å².